The number of carbonyl (C=O) groups is 2. The third-order valence-corrected chi connectivity index (χ3v) is 6.01. The van der Waals surface area contributed by atoms with Crippen molar-refractivity contribution in [3.05, 3.63) is 65.4 Å². The second-order valence-electron chi connectivity index (χ2n) is 8.45. The molecule has 0 bridgehead atoms. The van der Waals surface area contributed by atoms with Gasteiger partial charge in [-0.1, -0.05) is 36.4 Å². The number of hydrogen-bond acceptors (Lipinski definition) is 6. The third-order valence-electron chi connectivity index (χ3n) is 6.01. The first-order valence-electron chi connectivity index (χ1n) is 11.2. The average Bonchev–Trinajstić information content (AvgIpc) is 3.06. The van der Waals surface area contributed by atoms with Crippen LogP contribution in [0.1, 0.15) is 25.0 Å². The lowest BCUT2D eigenvalue weighted by molar-refractivity contribution is -0.138. The van der Waals surface area contributed by atoms with Gasteiger partial charge in [-0.05, 0) is 43.5 Å². The summed E-state index contributed by atoms with van der Waals surface area (Å²) in [4.78, 5) is 30.5. The van der Waals surface area contributed by atoms with E-state index in [1.807, 2.05) is 67.3 Å². The molecule has 174 valence electrons. The van der Waals surface area contributed by atoms with E-state index in [9.17, 15) is 9.59 Å². The number of imide groups is 1. The molecule has 2 unspecified atom stereocenters. The van der Waals surface area contributed by atoms with E-state index in [1.165, 1.54) is 4.90 Å². The van der Waals surface area contributed by atoms with Crippen molar-refractivity contribution < 1.29 is 23.8 Å². The lowest BCUT2D eigenvalue weighted by Gasteiger charge is -2.37. The number of hydrogen-bond donors (Lipinski definition) is 0. The highest BCUT2D eigenvalue weighted by Gasteiger charge is 2.42. The molecule has 2 atom stereocenters. The van der Waals surface area contributed by atoms with Gasteiger partial charge in [0.1, 0.15) is 5.70 Å². The predicted molar refractivity (Wildman–Crippen MR) is 125 cm³/mol. The number of amides is 2. The van der Waals surface area contributed by atoms with Gasteiger partial charge < -0.3 is 19.1 Å². The minimum atomic E-state index is -0.256. The Morgan fingerprint density at radius 3 is 2.21 bits per heavy atom. The number of morpholine rings is 1. The maximum Gasteiger partial charge on any atom is 0.277 e. The zero-order valence-electron chi connectivity index (χ0n) is 19.5. The smallest absolute Gasteiger partial charge is 0.277 e. The molecule has 33 heavy (non-hydrogen) atoms. The lowest BCUT2D eigenvalue weighted by Crippen LogP contribution is -2.47. The highest BCUT2D eigenvalue weighted by atomic mass is 16.5. The maximum absolute atomic E-state index is 13.6. The molecule has 1 fully saturated rings. The van der Waals surface area contributed by atoms with Gasteiger partial charge in [0.15, 0.2) is 11.5 Å². The quantitative estimate of drug-likeness (QED) is 0.604. The van der Waals surface area contributed by atoms with Gasteiger partial charge in [-0.25, -0.2) is 0 Å². The van der Waals surface area contributed by atoms with Gasteiger partial charge in [-0.3, -0.25) is 14.5 Å². The summed E-state index contributed by atoms with van der Waals surface area (Å²) < 4.78 is 16.5. The molecule has 0 aromatic heterocycles. The van der Waals surface area contributed by atoms with Crippen LogP contribution in [0.5, 0.6) is 11.5 Å². The van der Waals surface area contributed by atoms with Crippen LogP contribution in [-0.2, 0) is 20.7 Å². The number of carbonyl (C=O) groups excluding carboxylic acids is 2. The van der Waals surface area contributed by atoms with Gasteiger partial charge in [0.05, 0.1) is 32.0 Å². The van der Waals surface area contributed by atoms with Crippen LogP contribution >= 0.6 is 0 Å². The summed E-state index contributed by atoms with van der Waals surface area (Å²) in [6.07, 6.45) is 0.465. The fourth-order valence-electron chi connectivity index (χ4n) is 4.56. The molecule has 0 aliphatic carbocycles. The minimum Gasteiger partial charge on any atom is -0.493 e. The SMILES string of the molecule is COc1ccc(CCN2C(=O)C(c3ccccc3)=C(N3CC(C)OC(C)C3)C2=O)cc1OC. The zero-order valence-corrected chi connectivity index (χ0v) is 19.5. The second-order valence-corrected chi connectivity index (χ2v) is 8.45. The number of benzene rings is 2. The van der Waals surface area contributed by atoms with Gasteiger partial charge in [0, 0.05) is 19.6 Å². The molecule has 0 saturated carbocycles. The van der Waals surface area contributed by atoms with E-state index in [1.54, 1.807) is 14.2 Å². The molecule has 2 aliphatic heterocycles. The van der Waals surface area contributed by atoms with Crippen molar-refractivity contribution in [1.29, 1.82) is 0 Å². The van der Waals surface area contributed by atoms with Crippen molar-refractivity contribution >= 4 is 17.4 Å². The molecule has 2 aliphatic rings. The van der Waals surface area contributed by atoms with Crippen LogP contribution in [0.2, 0.25) is 0 Å². The van der Waals surface area contributed by atoms with Crippen molar-refractivity contribution in [2.75, 3.05) is 33.9 Å². The Morgan fingerprint density at radius 1 is 0.909 bits per heavy atom. The summed E-state index contributed by atoms with van der Waals surface area (Å²) >= 11 is 0. The Kier molecular flexibility index (Phi) is 6.70. The molecular weight excluding hydrogens is 420 g/mol. The summed E-state index contributed by atoms with van der Waals surface area (Å²) in [5.74, 6) is 0.753. The maximum atomic E-state index is 13.6. The fourth-order valence-corrected chi connectivity index (χ4v) is 4.56. The summed E-state index contributed by atoms with van der Waals surface area (Å²) in [5.41, 5.74) is 2.65. The Labute approximate surface area is 194 Å². The standard InChI is InChI=1S/C26H30N2O5/c1-17-15-27(16-18(2)33-17)24-23(20-8-6-5-7-9-20)25(29)28(26(24)30)13-12-19-10-11-21(31-3)22(14-19)32-4/h5-11,14,17-18H,12-13,15-16H2,1-4H3. The van der Waals surface area contributed by atoms with Gasteiger partial charge in [0.25, 0.3) is 11.8 Å². The van der Waals surface area contributed by atoms with Crippen LogP contribution in [0.15, 0.2) is 54.2 Å². The molecule has 1 saturated heterocycles. The second kappa shape index (κ2) is 9.67. The van der Waals surface area contributed by atoms with Gasteiger partial charge in [-0.2, -0.15) is 0 Å². The minimum absolute atomic E-state index is 0.0259. The molecule has 4 rings (SSSR count). The Morgan fingerprint density at radius 2 is 1.58 bits per heavy atom. The molecule has 0 radical (unpaired) electrons. The lowest BCUT2D eigenvalue weighted by atomic mass is 10.0. The van der Waals surface area contributed by atoms with E-state index in [4.69, 9.17) is 14.2 Å². The monoisotopic (exact) mass is 450 g/mol. The fraction of sp³-hybridized carbons (Fsp3) is 0.385. The molecule has 2 heterocycles. The highest BCUT2D eigenvalue weighted by Crippen LogP contribution is 2.34. The molecule has 0 N–H and O–H groups in total. The Hall–Kier alpha value is -3.32. The first-order valence-corrected chi connectivity index (χ1v) is 11.2. The normalized spacial score (nSPS) is 21.1. The third kappa shape index (κ3) is 4.59. The number of nitrogens with zero attached hydrogens (tertiary/aromatic N) is 2. The Balaban J connectivity index is 1.62. The van der Waals surface area contributed by atoms with Crippen LogP contribution in [0.3, 0.4) is 0 Å². The van der Waals surface area contributed by atoms with Gasteiger partial charge >= 0.3 is 0 Å². The van der Waals surface area contributed by atoms with E-state index < -0.39 is 0 Å². The van der Waals surface area contributed by atoms with E-state index in [0.717, 1.165) is 11.1 Å². The molecular formula is C26H30N2O5. The predicted octanol–water partition coefficient (Wildman–Crippen LogP) is 3.14. The highest BCUT2D eigenvalue weighted by molar-refractivity contribution is 6.35. The van der Waals surface area contributed by atoms with Gasteiger partial charge in [0.2, 0.25) is 0 Å². The van der Waals surface area contributed by atoms with Crippen molar-refractivity contribution in [3.8, 4) is 11.5 Å². The van der Waals surface area contributed by atoms with E-state index in [-0.39, 0.29) is 30.6 Å². The first kappa shape index (κ1) is 22.9. The summed E-state index contributed by atoms with van der Waals surface area (Å²) in [6, 6.07) is 15.1. The number of methoxy groups -OCH3 is 2. The molecule has 2 amide bonds. The Bertz CT molecular complexity index is 1060. The van der Waals surface area contributed by atoms with Crippen molar-refractivity contribution in [3.63, 3.8) is 0 Å². The van der Waals surface area contributed by atoms with Crippen LogP contribution in [0.25, 0.3) is 5.57 Å². The van der Waals surface area contributed by atoms with Crippen LogP contribution in [0.4, 0.5) is 0 Å². The molecule has 2 aromatic carbocycles. The van der Waals surface area contributed by atoms with Crippen LogP contribution < -0.4 is 9.47 Å². The van der Waals surface area contributed by atoms with Gasteiger partial charge in [-0.15, -0.1) is 0 Å². The van der Waals surface area contributed by atoms with Crippen molar-refractivity contribution in [1.82, 2.24) is 9.80 Å². The van der Waals surface area contributed by atoms with Crippen LogP contribution in [-0.4, -0.2) is 67.7 Å². The van der Waals surface area contributed by atoms with E-state index in [0.29, 0.717) is 42.3 Å². The summed E-state index contributed by atoms with van der Waals surface area (Å²) in [5, 5.41) is 0. The first-order chi connectivity index (χ1) is 15.9. The van der Waals surface area contributed by atoms with E-state index in [2.05, 4.69) is 0 Å². The van der Waals surface area contributed by atoms with E-state index >= 15 is 0 Å². The number of ether oxygens (including phenoxy) is 3. The van der Waals surface area contributed by atoms with Crippen molar-refractivity contribution in [2.24, 2.45) is 0 Å². The number of rotatable bonds is 7. The largest absolute Gasteiger partial charge is 0.493 e. The molecule has 0 spiro atoms. The molecule has 7 heteroatoms. The zero-order chi connectivity index (χ0) is 23.5. The topological polar surface area (TPSA) is 68.3 Å². The summed E-state index contributed by atoms with van der Waals surface area (Å²) in [7, 11) is 3.17. The van der Waals surface area contributed by atoms with Crippen molar-refractivity contribution in [2.45, 2.75) is 32.5 Å². The molecule has 2 aromatic rings. The average molecular weight is 451 g/mol. The van der Waals surface area contributed by atoms with Crippen LogP contribution in [0, 0.1) is 0 Å². The molecule has 7 nitrogen and oxygen atoms in total. The summed E-state index contributed by atoms with van der Waals surface area (Å²) in [6.45, 7) is 5.39.